The van der Waals surface area contributed by atoms with Crippen molar-refractivity contribution in [2.75, 3.05) is 12.3 Å². The summed E-state index contributed by atoms with van der Waals surface area (Å²) in [4.78, 5) is 12.2. The minimum absolute atomic E-state index is 0.354. The number of hydrogen-bond acceptors (Lipinski definition) is 2. The normalized spacial score (nSPS) is 14.8. The number of benzene rings is 1. The molecule has 4 nitrogen and oxygen atoms in total. The molecular weight excluding hydrogens is 295 g/mol. The number of nitrogens with zero attached hydrogens (tertiary/aromatic N) is 1. The van der Waals surface area contributed by atoms with E-state index >= 15 is 0 Å². The van der Waals surface area contributed by atoms with Crippen molar-refractivity contribution in [3.63, 3.8) is 0 Å². The van der Waals surface area contributed by atoms with Crippen molar-refractivity contribution in [3.05, 3.63) is 26.7 Å². The summed E-state index contributed by atoms with van der Waals surface area (Å²) in [6.07, 6.45) is -0.244. The fourth-order valence-electron chi connectivity index (χ4n) is 1.81. The van der Waals surface area contributed by atoms with Crippen LogP contribution in [0.15, 0.2) is 10.5 Å². The number of nitrogen functional groups attached to an aromatic ring is 1. The molecule has 1 aromatic rings. The number of rotatable bonds is 0. The van der Waals surface area contributed by atoms with E-state index in [1.807, 2.05) is 6.07 Å². The molecule has 3 N–H and O–H groups in total. The molecule has 0 fully saturated rings. The third-order valence-electron chi connectivity index (χ3n) is 2.72. The summed E-state index contributed by atoms with van der Waals surface area (Å²) >= 11 is 9.33. The molecule has 6 heteroatoms. The zero-order chi connectivity index (χ0) is 11.9. The molecule has 0 radical (unpaired) electrons. The molecule has 0 saturated heterocycles. The summed E-state index contributed by atoms with van der Waals surface area (Å²) in [6, 6.07) is 1.82. The number of hydrogen-bond donors (Lipinski definition) is 2. The Labute approximate surface area is 106 Å². The van der Waals surface area contributed by atoms with Crippen LogP contribution in [0.3, 0.4) is 0 Å². The van der Waals surface area contributed by atoms with E-state index < -0.39 is 6.09 Å². The summed E-state index contributed by atoms with van der Waals surface area (Å²) in [5, 5.41) is 9.44. The summed E-state index contributed by atoms with van der Waals surface area (Å²) in [6.45, 7) is 0.849. The van der Waals surface area contributed by atoms with E-state index in [0.717, 1.165) is 11.1 Å². The average molecular weight is 306 g/mol. The van der Waals surface area contributed by atoms with Gasteiger partial charge in [0, 0.05) is 11.0 Å². The second-order valence-corrected chi connectivity index (χ2v) is 4.88. The van der Waals surface area contributed by atoms with Crippen molar-refractivity contribution in [2.45, 2.75) is 13.0 Å². The van der Waals surface area contributed by atoms with E-state index in [9.17, 15) is 4.79 Å². The molecule has 1 aliphatic rings. The fourth-order valence-corrected chi connectivity index (χ4v) is 2.74. The van der Waals surface area contributed by atoms with Crippen molar-refractivity contribution < 1.29 is 9.90 Å². The third-order valence-corrected chi connectivity index (χ3v) is 3.94. The van der Waals surface area contributed by atoms with Crippen LogP contribution in [0.4, 0.5) is 10.5 Å². The van der Waals surface area contributed by atoms with E-state index in [1.165, 1.54) is 4.90 Å². The van der Waals surface area contributed by atoms with Crippen molar-refractivity contribution in [1.82, 2.24) is 4.90 Å². The van der Waals surface area contributed by atoms with Crippen LogP contribution in [0.5, 0.6) is 0 Å². The molecule has 0 spiro atoms. The first-order valence-corrected chi connectivity index (χ1v) is 5.91. The van der Waals surface area contributed by atoms with Gasteiger partial charge in [-0.3, -0.25) is 0 Å². The van der Waals surface area contributed by atoms with E-state index in [2.05, 4.69) is 15.9 Å². The monoisotopic (exact) mass is 304 g/mol. The van der Waals surface area contributed by atoms with Gasteiger partial charge in [0.05, 0.1) is 17.3 Å². The highest BCUT2D eigenvalue weighted by Gasteiger charge is 2.23. The molecular formula is C10H10BrClN2O2. The maximum Gasteiger partial charge on any atom is 0.407 e. The Morgan fingerprint density at radius 3 is 2.94 bits per heavy atom. The maximum absolute atomic E-state index is 10.9. The number of carbonyl (C=O) groups is 1. The van der Waals surface area contributed by atoms with Crippen LogP contribution in [0.1, 0.15) is 11.1 Å². The number of halogens is 2. The van der Waals surface area contributed by atoms with Crippen LogP contribution in [-0.2, 0) is 13.0 Å². The quantitative estimate of drug-likeness (QED) is 0.724. The largest absolute Gasteiger partial charge is 0.465 e. The zero-order valence-electron chi connectivity index (χ0n) is 8.33. The number of carboxylic acid groups (broad SMARTS) is 1. The van der Waals surface area contributed by atoms with Crippen LogP contribution >= 0.6 is 27.5 Å². The lowest BCUT2D eigenvalue weighted by Crippen LogP contribution is -2.35. The summed E-state index contributed by atoms with van der Waals surface area (Å²) in [7, 11) is 0. The molecule has 1 amide bonds. The first kappa shape index (κ1) is 11.5. The highest BCUT2D eigenvalue weighted by molar-refractivity contribution is 9.10. The first-order valence-electron chi connectivity index (χ1n) is 4.73. The van der Waals surface area contributed by atoms with Gasteiger partial charge in [0.25, 0.3) is 0 Å². The fraction of sp³-hybridized carbons (Fsp3) is 0.300. The average Bonchev–Trinajstić information content (AvgIpc) is 2.25. The van der Waals surface area contributed by atoms with Gasteiger partial charge in [-0.05, 0) is 39.5 Å². The molecule has 0 atom stereocenters. The van der Waals surface area contributed by atoms with Gasteiger partial charge >= 0.3 is 6.09 Å². The molecule has 0 bridgehead atoms. The number of nitrogens with two attached hydrogens (primary N) is 1. The molecule has 2 rings (SSSR count). The smallest absolute Gasteiger partial charge is 0.407 e. The second kappa shape index (κ2) is 4.14. The highest BCUT2D eigenvalue weighted by atomic mass is 79.9. The minimum atomic E-state index is -0.911. The molecule has 1 heterocycles. The van der Waals surface area contributed by atoms with Gasteiger partial charge in [-0.2, -0.15) is 0 Å². The van der Waals surface area contributed by atoms with Gasteiger partial charge in [-0.1, -0.05) is 11.6 Å². The van der Waals surface area contributed by atoms with E-state index in [0.29, 0.717) is 34.7 Å². The molecule has 86 valence electrons. The van der Waals surface area contributed by atoms with Gasteiger partial charge in [0.2, 0.25) is 0 Å². The number of amides is 1. The van der Waals surface area contributed by atoms with Gasteiger partial charge in [0.1, 0.15) is 0 Å². The van der Waals surface area contributed by atoms with Crippen molar-refractivity contribution in [2.24, 2.45) is 0 Å². The predicted molar refractivity (Wildman–Crippen MR) is 65.7 cm³/mol. The van der Waals surface area contributed by atoms with E-state index in [1.54, 1.807) is 0 Å². The maximum atomic E-state index is 10.9. The summed E-state index contributed by atoms with van der Waals surface area (Å²) < 4.78 is 0.709. The lowest BCUT2D eigenvalue weighted by molar-refractivity contribution is 0.140. The minimum Gasteiger partial charge on any atom is -0.465 e. The van der Waals surface area contributed by atoms with Crippen molar-refractivity contribution in [3.8, 4) is 0 Å². The van der Waals surface area contributed by atoms with Crippen LogP contribution in [0.25, 0.3) is 0 Å². The zero-order valence-corrected chi connectivity index (χ0v) is 10.7. The summed E-state index contributed by atoms with van der Waals surface area (Å²) in [5.74, 6) is 0. The van der Waals surface area contributed by atoms with Crippen LogP contribution in [-0.4, -0.2) is 22.6 Å². The number of fused-ring (bicyclic) bond motifs is 1. The van der Waals surface area contributed by atoms with Crippen LogP contribution in [0, 0.1) is 0 Å². The Balaban J connectivity index is 2.45. The third kappa shape index (κ3) is 1.85. The van der Waals surface area contributed by atoms with Gasteiger partial charge in [-0.15, -0.1) is 0 Å². The standard InChI is InChI=1S/C10H10BrClN2O2/c11-8-6-4-14(10(15)16)2-1-5(6)3-7(12)9(8)13/h3H,1-2,4,13H2,(H,15,16). The van der Waals surface area contributed by atoms with Crippen LogP contribution < -0.4 is 5.73 Å². The van der Waals surface area contributed by atoms with Crippen molar-refractivity contribution >= 4 is 39.3 Å². The lowest BCUT2D eigenvalue weighted by Gasteiger charge is -2.28. The molecule has 1 aliphatic heterocycles. The second-order valence-electron chi connectivity index (χ2n) is 3.68. The molecule has 0 aromatic heterocycles. The number of anilines is 1. The Kier molecular flexibility index (Phi) is 2.99. The van der Waals surface area contributed by atoms with Gasteiger partial charge in [0.15, 0.2) is 0 Å². The van der Waals surface area contributed by atoms with E-state index in [-0.39, 0.29) is 0 Å². The molecule has 16 heavy (non-hydrogen) atoms. The van der Waals surface area contributed by atoms with Gasteiger partial charge in [-0.25, -0.2) is 4.79 Å². The molecule has 0 aliphatic carbocycles. The Hall–Kier alpha value is -0.940. The van der Waals surface area contributed by atoms with Crippen molar-refractivity contribution in [1.29, 1.82) is 0 Å². The Morgan fingerprint density at radius 1 is 1.62 bits per heavy atom. The lowest BCUT2D eigenvalue weighted by atomic mass is 9.99. The SMILES string of the molecule is Nc1c(Cl)cc2c(c1Br)CN(C(=O)O)CC2. The Bertz CT molecular complexity index is 465. The Morgan fingerprint density at radius 2 is 2.31 bits per heavy atom. The molecule has 0 unspecified atom stereocenters. The molecule has 1 aromatic carbocycles. The topological polar surface area (TPSA) is 66.6 Å². The van der Waals surface area contributed by atoms with E-state index in [4.69, 9.17) is 22.4 Å². The van der Waals surface area contributed by atoms with Gasteiger partial charge < -0.3 is 15.7 Å². The first-order chi connectivity index (χ1) is 7.50. The van der Waals surface area contributed by atoms with Crippen LogP contribution in [0.2, 0.25) is 5.02 Å². The molecule has 0 saturated carbocycles. The summed E-state index contributed by atoms with van der Waals surface area (Å²) in [5.41, 5.74) is 8.22. The predicted octanol–water partition coefficient (Wildman–Crippen LogP) is 2.72. The highest BCUT2D eigenvalue weighted by Crippen LogP contribution is 2.36.